The maximum absolute atomic E-state index is 7.08. The first-order chi connectivity index (χ1) is 33.2. The van der Waals surface area contributed by atoms with Crippen molar-refractivity contribution < 1.29 is 4.42 Å². The Bertz CT molecular complexity index is 3860. The van der Waals surface area contributed by atoms with Gasteiger partial charge in [-0.2, -0.15) is 0 Å². The second-order valence-electron chi connectivity index (χ2n) is 18.2. The molecule has 0 saturated carbocycles. The van der Waals surface area contributed by atoms with Crippen molar-refractivity contribution in [1.29, 1.82) is 0 Å². The maximum atomic E-state index is 7.08. The molecule has 11 heteroatoms. The largest absolute Gasteiger partial charge is 0.455 e. The van der Waals surface area contributed by atoms with Crippen molar-refractivity contribution in [2.24, 2.45) is 0 Å². The fourth-order valence-corrected chi connectivity index (χ4v) is 10.5. The van der Waals surface area contributed by atoms with Crippen LogP contribution in [0.15, 0.2) is 186 Å². The number of nitrogens with zero attached hydrogens (tertiary/aromatic N) is 4. The molecule has 0 atom stereocenters. The summed E-state index contributed by atoms with van der Waals surface area (Å²) in [5, 5.41) is 4.83. The molecule has 0 radical (unpaired) electrons. The molecular formula is C57H42B6N4O. The summed E-state index contributed by atoms with van der Waals surface area (Å²) in [5.74, 6) is 1.87. The summed E-state index contributed by atoms with van der Waals surface area (Å²) in [6.45, 7) is 0. The molecule has 9 aromatic carbocycles. The van der Waals surface area contributed by atoms with Gasteiger partial charge in [0.15, 0.2) is 17.5 Å². The number of fused-ring (bicyclic) bond motifs is 6. The predicted octanol–water partition coefficient (Wildman–Crippen LogP) is 4.42. The zero-order chi connectivity index (χ0) is 46.2. The van der Waals surface area contributed by atoms with Gasteiger partial charge in [0.25, 0.3) is 0 Å². The molecule has 3 aromatic heterocycles. The summed E-state index contributed by atoms with van der Waals surface area (Å²) in [4.78, 5) is 15.2. The second-order valence-corrected chi connectivity index (χ2v) is 18.2. The van der Waals surface area contributed by atoms with Crippen LogP contribution >= 0.6 is 0 Å². The summed E-state index contributed by atoms with van der Waals surface area (Å²) < 4.78 is 9.60. The van der Waals surface area contributed by atoms with Crippen LogP contribution < -0.4 is 32.8 Å². The van der Waals surface area contributed by atoms with Crippen LogP contribution in [-0.4, -0.2) is 66.6 Å². The highest BCUT2D eigenvalue weighted by molar-refractivity contribution is 6.62. The van der Waals surface area contributed by atoms with E-state index >= 15 is 0 Å². The SMILES string of the molecule is Bc1cc(B)c2c(c1B)c1c(B)c(B)cc(B)c1n2-c1cc(-c2ccccc2)c2oc3cc(-c4ccccc4-c4ccccc4-c4nc(-c5ccccc5)nc(-c5ccccc5)n4)ccc3c2c1. The molecule has 0 unspecified atom stereocenters. The fraction of sp³-hybridized carbons (Fsp3) is 0. The first-order valence-electron chi connectivity index (χ1n) is 23.4. The topological polar surface area (TPSA) is 56.7 Å². The monoisotopic (exact) mass is 864 g/mol. The number of hydrogen-bond donors (Lipinski definition) is 0. The molecule has 0 fully saturated rings. The zero-order valence-corrected chi connectivity index (χ0v) is 39.0. The number of hydrogen-bond acceptors (Lipinski definition) is 4. The van der Waals surface area contributed by atoms with Crippen molar-refractivity contribution in [1.82, 2.24) is 19.5 Å². The molecule has 12 rings (SSSR count). The summed E-state index contributed by atoms with van der Waals surface area (Å²) in [6, 6.07) is 64.0. The highest BCUT2D eigenvalue weighted by Crippen LogP contribution is 2.43. The molecule has 0 spiro atoms. The van der Waals surface area contributed by atoms with Gasteiger partial charge in [0.1, 0.15) is 58.2 Å². The van der Waals surface area contributed by atoms with Crippen LogP contribution in [0.1, 0.15) is 0 Å². The van der Waals surface area contributed by atoms with E-state index in [-0.39, 0.29) is 0 Å². The van der Waals surface area contributed by atoms with Gasteiger partial charge in [0, 0.05) is 49.7 Å². The van der Waals surface area contributed by atoms with Crippen molar-refractivity contribution in [3.05, 3.63) is 182 Å². The van der Waals surface area contributed by atoms with E-state index in [2.05, 4.69) is 173 Å². The van der Waals surface area contributed by atoms with Crippen molar-refractivity contribution in [3.63, 3.8) is 0 Å². The van der Waals surface area contributed by atoms with E-state index in [1.54, 1.807) is 0 Å². The van der Waals surface area contributed by atoms with Crippen molar-refractivity contribution >= 4 is 124 Å². The molecule has 314 valence electrons. The van der Waals surface area contributed by atoms with E-state index in [1.165, 1.54) is 54.6 Å². The van der Waals surface area contributed by atoms with Crippen LogP contribution in [-0.2, 0) is 0 Å². The molecule has 68 heavy (non-hydrogen) atoms. The molecular weight excluding hydrogens is 822 g/mol. The Kier molecular flexibility index (Phi) is 9.98. The number of furan rings is 1. The van der Waals surface area contributed by atoms with E-state index in [4.69, 9.17) is 19.4 Å². The minimum atomic E-state index is 0.615. The first-order valence-corrected chi connectivity index (χ1v) is 23.4. The molecule has 3 heterocycles. The van der Waals surface area contributed by atoms with Gasteiger partial charge < -0.3 is 8.98 Å². The molecule has 0 bridgehead atoms. The third kappa shape index (κ3) is 6.75. The highest BCUT2D eigenvalue weighted by Gasteiger charge is 2.24. The van der Waals surface area contributed by atoms with Gasteiger partial charge in [-0.3, -0.25) is 0 Å². The summed E-state index contributed by atoms with van der Waals surface area (Å²) in [6.07, 6.45) is 0. The minimum absolute atomic E-state index is 0.615. The molecule has 12 aromatic rings. The fourth-order valence-electron chi connectivity index (χ4n) is 10.5. The second kappa shape index (κ2) is 16.4. The standard InChI is InChI=1S/C57H42B6N4O/c58-43-29-45(60)52-48(50(43)62)49-51(63)44(59)30-46(61)53(49)67(52)35-27-41(31-14-4-1-5-15-31)54-42(28-35)39-25-24-34(26-47(39)68-54)36-20-10-11-21-37(36)38-22-12-13-23-40(38)57-65-55(32-16-6-2-7-17-32)64-56(66-57)33-18-8-3-9-19-33/h1-30H,58-63H2. The van der Waals surface area contributed by atoms with E-state index in [1.807, 2.05) is 60.7 Å². The molecule has 0 amide bonds. The summed E-state index contributed by atoms with van der Waals surface area (Å²) >= 11 is 0. The average molecular weight is 864 g/mol. The first kappa shape index (κ1) is 41.4. The van der Waals surface area contributed by atoms with E-state index in [0.29, 0.717) is 17.5 Å². The van der Waals surface area contributed by atoms with Gasteiger partial charge in [0.2, 0.25) is 0 Å². The highest BCUT2D eigenvalue weighted by atomic mass is 16.3. The van der Waals surface area contributed by atoms with Gasteiger partial charge >= 0.3 is 0 Å². The molecule has 0 aliphatic carbocycles. The lowest BCUT2D eigenvalue weighted by molar-refractivity contribution is 0.670. The normalized spacial score (nSPS) is 11.6. The maximum Gasteiger partial charge on any atom is 0.164 e. The third-order valence-electron chi connectivity index (χ3n) is 14.0. The Hall–Kier alpha value is -8.02. The quantitative estimate of drug-likeness (QED) is 0.223. The number of benzene rings is 9. The van der Waals surface area contributed by atoms with Gasteiger partial charge in [0.05, 0.1) is 0 Å². The van der Waals surface area contributed by atoms with Crippen LogP contribution in [0.5, 0.6) is 0 Å². The zero-order valence-electron chi connectivity index (χ0n) is 39.0. The molecule has 5 nitrogen and oxygen atoms in total. The Balaban J connectivity index is 1.05. The Morgan fingerprint density at radius 1 is 0.353 bits per heavy atom. The van der Waals surface area contributed by atoms with Crippen LogP contribution in [0.2, 0.25) is 0 Å². The van der Waals surface area contributed by atoms with Crippen LogP contribution in [0.3, 0.4) is 0 Å². The van der Waals surface area contributed by atoms with Crippen molar-refractivity contribution in [2.45, 2.75) is 0 Å². The summed E-state index contributed by atoms with van der Waals surface area (Å²) in [5.41, 5.74) is 22.4. The summed E-state index contributed by atoms with van der Waals surface area (Å²) in [7, 11) is 13.6. The van der Waals surface area contributed by atoms with E-state index < -0.39 is 0 Å². The van der Waals surface area contributed by atoms with Gasteiger partial charge in [-0.15, -0.1) is 0 Å². The lowest BCUT2D eigenvalue weighted by Gasteiger charge is -2.15. The van der Waals surface area contributed by atoms with Crippen molar-refractivity contribution in [2.75, 3.05) is 0 Å². The lowest BCUT2D eigenvalue weighted by Crippen LogP contribution is -2.33. The Labute approximate surface area is 400 Å². The van der Waals surface area contributed by atoms with Gasteiger partial charge in [-0.1, -0.05) is 191 Å². The third-order valence-corrected chi connectivity index (χ3v) is 14.0. The lowest BCUT2D eigenvalue weighted by atomic mass is 9.71. The van der Waals surface area contributed by atoms with Crippen molar-refractivity contribution in [3.8, 4) is 73.2 Å². The average Bonchev–Trinajstić information content (AvgIpc) is 3.95. The minimum Gasteiger partial charge on any atom is -0.455 e. The molecule has 0 aliphatic heterocycles. The smallest absolute Gasteiger partial charge is 0.164 e. The van der Waals surface area contributed by atoms with Crippen LogP contribution in [0, 0.1) is 0 Å². The Morgan fingerprint density at radius 2 is 0.824 bits per heavy atom. The molecule has 0 N–H and O–H groups in total. The number of aromatic nitrogens is 4. The van der Waals surface area contributed by atoms with E-state index in [9.17, 15) is 0 Å². The van der Waals surface area contributed by atoms with Gasteiger partial charge in [-0.25, -0.2) is 15.0 Å². The molecule has 0 aliphatic rings. The van der Waals surface area contributed by atoms with E-state index in [0.717, 1.165) is 77.7 Å². The van der Waals surface area contributed by atoms with Crippen LogP contribution in [0.4, 0.5) is 0 Å². The van der Waals surface area contributed by atoms with Crippen LogP contribution in [0.25, 0.3) is 117 Å². The number of rotatable bonds is 7. The Morgan fingerprint density at radius 3 is 1.38 bits per heavy atom. The van der Waals surface area contributed by atoms with Gasteiger partial charge in [-0.05, 0) is 62.9 Å². The predicted molar refractivity (Wildman–Crippen MR) is 303 cm³/mol. The molecule has 0 saturated heterocycles.